The van der Waals surface area contributed by atoms with Crippen LogP contribution in [-0.4, -0.2) is 36.5 Å². The molecule has 1 aliphatic rings. The summed E-state index contributed by atoms with van der Waals surface area (Å²) in [6.45, 7) is 7.33. The molecule has 0 aliphatic carbocycles. The lowest BCUT2D eigenvalue weighted by Gasteiger charge is -2.32. The summed E-state index contributed by atoms with van der Waals surface area (Å²) >= 11 is 0. The highest BCUT2D eigenvalue weighted by Gasteiger charge is 2.30. The lowest BCUT2D eigenvalue weighted by molar-refractivity contribution is -0.149. The Kier molecular flexibility index (Phi) is 4.99. The smallest absolute Gasteiger partial charge is 0.310 e. The first-order valence-corrected chi connectivity index (χ1v) is 7.56. The largest absolute Gasteiger partial charge is 0.466 e. The van der Waals surface area contributed by atoms with Gasteiger partial charge in [-0.05, 0) is 45.2 Å². The van der Waals surface area contributed by atoms with Gasteiger partial charge >= 0.3 is 5.97 Å². The first kappa shape index (κ1) is 15.5. The number of carbonyl (C=O) groups is 2. The van der Waals surface area contributed by atoms with Gasteiger partial charge in [0.05, 0.1) is 12.5 Å². The topological polar surface area (TPSA) is 46.6 Å². The third-order valence-corrected chi connectivity index (χ3v) is 3.94. The molecule has 21 heavy (non-hydrogen) atoms. The van der Waals surface area contributed by atoms with Crippen LogP contribution in [0.3, 0.4) is 0 Å². The summed E-state index contributed by atoms with van der Waals surface area (Å²) in [5.41, 5.74) is 2.86. The van der Waals surface area contributed by atoms with Crippen molar-refractivity contribution in [3.63, 3.8) is 0 Å². The fourth-order valence-electron chi connectivity index (χ4n) is 2.84. The molecule has 1 aliphatic heterocycles. The Morgan fingerprint density at radius 1 is 1.33 bits per heavy atom. The zero-order valence-corrected chi connectivity index (χ0v) is 13.0. The molecule has 4 heteroatoms. The molecule has 0 aromatic heterocycles. The monoisotopic (exact) mass is 289 g/mol. The van der Waals surface area contributed by atoms with Crippen LogP contribution in [0.2, 0.25) is 0 Å². The Bertz CT molecular complexity index is 539. The van der Waals surface area contributed by atoms with Crippen molar-refractivity contribution < 1.29 is 14.3 Å². The highest BCUT2D eigenvalue weighted by Crippen LogP contribution is 2.21. The van der Waals surface area contributed by atoms with Gasteiger partial charge in [0.1, 0.15) is 0 Å². The number of ether oxygens (including phenoxy) is 1. The highest BCUT2D eigenvalue weighted by atomic mass is 16.5. The Labute approximate surface area is 126 Å². The molecule has 1 atom stereocenters. The minimum absolute atomic E-state index is 0.0153. The van der Waals surface area contributed by atoms with Gasteiger partial charge < -0.3 is 9.64 Å². The normalized spacial score (nSPS) is 18.4. The second-order valence-electron chi connectivity index (χ2n) is 5.66. The van der Waals surface area contributed by atoms with Gasteiger partial charge in [-0.3, -0.25) is 9.59 Å². The minimum atomic E-state index is -0.187. The van der Waals surface area contributed by atoms with Crippen LogP contribution in [0.1, 0.15) is 41.3 Å². The van der Waals surface area contributed by atoms with Crippen molar-refractivity contribution in [2.45, 2.75) is 33.6 Å². The summed E-state index contributed by atoms with van der Waals surface area (Å²) in [5, 5.41) is 0. The zero-order chi connectivity index (χ0) is 15.4. The van der Waals surface area contributed by atoms with E-state index in [0.717, 1.165) is 29.5 Å². The summed E-state index contributed by atoms with van der Waals surface area (Å²) in [7, 11) is 0. The van der Waals surface area contributed by atoms with E-state index in [-0.39, 0.29) is 17.8 Å². The molecule has 1 aromatic carbocycles. The maximum atomic E-state index is 12.6. The average Bonchev–Trinajstić information content (AvgIpc) is 2.47. The average molecular weight is 289 g/mol. The number of hydrogen-bond donors (Lipinski definition) is 0. The first-order valence-electron chi connectivity index (χ1n) is 7.56. The van der Waals surface area contributed by atoms with E-state index in [1.165, 1.54) is 0 Å². The van der Waals surface area contributed by atoms with Gasteiger partial charge in [-0.2, -0.15) is 0 Å². The van der Waals surface area contributed by atoms with E-state index in [4.69, 9.17) is 4.74 Å². The Hall–Kier alpha value is -1.84. The van der Waals surface area contributed by atoms with Crippen LogP contribution < -0.4 is 0 Å². The third-order valence-electron chi connectivity index (χ3n) is 3.94. The van der Waals surface area contributed by atoms with E-state index in [0.29, 0.717) is 19.7 Å². The fraction of sp³-hybridized carbons (Fsp3) is 0.529. The number of likely N-dealkylation sites (tertiary alicyclic amines) is 1. The molecular formula is C17H23NO3. The molecule has 0 saturated carbocycles. The van der Waals surface area contributed by atoms with Gasteiger partial charge in [-0.25, -0.2) is 0 Å². The van der Waals surface area contributed by atoms with Crippen LogP contribution in [0.5, 0.6) is 0 Å². The molecule has 114 valence electrons. The quantitative estimate of drug-likeness (QED) is 0.804. The lowest BCUT2D eigenvalue weighted by Crippen LogP contribution is -2.43. The number of hydrogen-bond acceptors (Lipinski definition) is 3. The summed E-state index contributed by atoms with van der Waals surface area (Å²) in [6.07, 6.45) is 1.65. The Morgan fingerprint density at radius 2 is 2.10 bits per heavy atom. The molecule has 1 fully saturated rings. The highest BCUT2D eigenvalue weighted by molar-refractivity contribution is 5.96. The lowest BCUT2D eigenvalue weighted by atomic mass is 9.96. The number of rotatable bonds is 3. The molecule has 0 N–H and O–H groups in total. The number of carbonyl (C=O) groups excluding carboxylic acids is 2. The van der Waals surface area contributed by atoms with Crippen molar-refractivity contribution >= 4 is 11.9 Å². The van der Waals surface area contributed by atoms with E-state index in [9.17, 15) is 9.59 Å². The molecule has 1 heterocycles. The van der Waals surface area contributed by atoms with Crippen molar-refractivity contribution in [3.05, 3.63) is 34.9 Å². The zero-order valence-electron chi connectivity index (χ0n) is 13.0. The van der Waals surface area contributed by atoms with E-state index in [1.54, 1.807) is 11.8 Å². The van der Waals surface area contributed by atoms with Crippen LogP contribution in [0.4, 0.5) is 0 Å². The molecule has 2 rings (SSSR count). The third kappa shape index (κ3) is 3.63. The SMILES string of the molecule is CCOC(=O)[C@H]1CCCN(C(=O)c2ccc(C)cc2C)C1. The minimum Gasteiger partial charge on any atom is -0.466 e. The Balaban J connectivity index is 2.10. The van der Waals surface area contributed by atoms with Crippen molar-refractivity contribution in [1.82, 2.24) is 4.90 Å². The second-order valence-corrected chi connectivity index (χ2v) is 5.66. The van der Waals surface area contributed by atoms with Gasteiger partial charge in [0.15, 0.2) is 0 Å². The first-order chi connectivity index (χ1) is 10.0. The number of aryl methyl sites for hydroxylation is 2. The van der Waals surface area contributed by atoms with Crippen LogP contribution in [0.25, 0.3) is 0 Å². The summed E-state index contributed by atoms with van der Waals surface area (Å²) in [4.78, 5) is 26.3. The summed E-state index contributed by atoms with van der Waals surface area (Å²) in [6, 6.07) is 5.84. The van der Waals surface area contributed by atoms with Crippen LogP contribution in [0.15, 0.2) is 18.2 Å². The molecule has 0 radical (unpaired) electrons. The van der Waals surface area contributed by atoms with Crippen LogP contribution in [-0.2, 0) is 9.53 Å². The molecular weight excluding hydrogens is 266 g/mol. The van der Waals surface area contributed by atoms with Gasteiger partial charge in [0, 0.05) is 18.7 Å². The molecule has 0 unspecified atom stereocenters. The van der Waals surface area contributed by atoms with E-state index in [1.807, 2.05) is 32.0 Å². The van der Waals surface area contributed by atoms with Crippen molar-refractivity contribution in [1.29, 1.82) is 0 Å². The van der Waals surface area contributed by atoms with Gasteiger partial charge in [0.25, 0.3) is 5.91 Å². The number of piperidine rings is 1. The summed E-state index contributed by atoms with van der Waals surface area (Å²) in [5.74, 6) is -0.356. The fourth-order valence-corrected chi connectivity index (χ4v) is 2.84. The predicted molar refractivity (Wildman–Crippen MR) is 81.2 cm³/mol. The number of benzene rings is 1. The van der Waals surface area contributed by atoms with Crippen LogP contribution in [0, 0.1) is 19.8 Å². The molecule has 1 saturated heterocycles. The molecule has 0 spiro atoms. The van der Waals surface area contributed by atoms with Gasteiger partial charge in [-0.15, -0.1) is 0 Å². The number of amides is 1. The predicted octanol–water partition coefficient (Wildman–Crippen LogP) is 2.72. The second kappa shape index (κ2) is 6.74. The van der Waals surface area contributed by atoms with Crippen molar-refractivity contribution in [2.24, 2.45) is 5.92 Å². The molecule has 4 nitrogen and oxygen atoms in total. The molecule has 1 aromatic rings. The Morgan fingerprint density at radius 3 is 2.76 bits per heavy atom. The standard InChI is InChI=1S/C17H23NO3/c1-4-21-17(20)14-6-5-9-18(11-14)16(19)15-8-7-12(2)10-13(15)3/h7-8,10,14H,4-6,9,11H2,1-3H3/t14-/m0/s1. The number of nitrogens with zero attached hydrogens (tertiary/aromatic N) is 1. The van der Waals surface area contributed by atoms with Gasteiger partial charge in [-0.1, -0.05) is 17.7 Å². The van der Waals surface area contributed by atoms with E-state index >= 15 is 0 Å². The van der Waals surface area contributed by atoms with Crippen molar-refractivity contribution in [2.75, 3.05) is 19.7 Å². The maximum Gasteiger partial charge on any atom is 0.310 e. The van der Waals surface area contributed by atoms with E-state index in [2.05, 4.69) is 0 Å². The van der Waals surface area contributed by atoms with E-state index < -0.39 is 0 Å². The number of esters is 1. The molecule has 0 bridgehead atoms. The maximum absolute atomic E-state index is 12.6. The van der Waals surface area contributed by atoms with Gasteiger partial charge in [0.2, 0.25) is 0 Å². The van der Waals surface area contributed by atoms with Crippen LogP contribution >= 0.6 is 0 Å². The molecule has 1 amide bonds. The summed E-state index contributed by atoms with van der Waals surface area (Å²) < 4.78 is 5.08. The van der Waals surface area contributed by atoms with Crippen molar-refractivity contribution in [3.8, 4) is 0 Å².